The van der Waals surface area contributed by atoms with Crippen LogP contribution in [-0.2, 0) is 19.4 Å². The van der Waals surface area contributed by atoms with Crippen molar-refractivity contribution in [2.24, 2.45) is 0 Å². The van der Waals surface area contributed by atoms with Crippen LogP contribution in [0.5, 0.6) is 0 Å². The summed E-state index contributed by atoms with van der Waals surface area (Å²) in [4.78, 5) is 14.3. The van der Waals surface area contributed by atoms with Crippen LogP contribution < -0.4 is 15.3 Å². The smallest absolute Gasteiger partial charge is 0.255 e. The third kappa shape index (κ3) is 4.25. The van der Waals surface area contributed by atoms with Crippen molar-refractivity contribution in [2.45, 2.75) is 37.4 Å². The number of hydrogen-bond acceptors (Lipinski definition) is 6. The molecule has 8 nitrogen and oxygen atoms in total. The Morgan fingerprint density at radius 3 is 2.85 bits per heavy atom. The van der Waals surface area contributed by atoms with E-state index in [1.54, 1.807) is 18.2 Å². The first-order valence-corrected chi connectivity index (χ1v) is 11.1. The standard InChI is InChI=1S/C24H21N7OS/c1-2-12-30-21-9-4-3-6-16(21)13-18-15-19(10-11-22(18)30)25-23(32)17-7-5-8-20(14-17)27-31-24(33)26-28-29-31/h1,5,7-8,10-11,13-15,27H,3-4,6,9,12H2,(H-,25,26,29,32,33)/p+1. The van der Waals surface area contributed by atoms with E-state index in [0.717, 1.165) is 29.4 Å². The summed E-state index contributed by atoms with van der Waals surface area (Å²) in [5.74, 6) is 2.57. The Bertz CT molecular complexity index is 1410. The Morgan fingerprint density at radius 2 is 2.03 bits per heavy atom. The highest BCUT2D eigenvalue weighted by Gasteiger charge is 2.23. The molecule has 33 heavy (non-hydrogen) atoms. The van der Waals surface area contributed by atoms with Gasteiger partial charge in [0.25, 0.3) is 5.91 Å². The van der Waals surface area contributed by atoms with Gasteiger partial charge in [0.2, 0.25) is 17.2 Å². The Kier molecular flexibility index (Phi) is 5.67. The van der Waals surface area contributed by atoms with Gasteiger partial charge in [0.05, 0.1) is 5.69 Å². The summed E-state index contributed by atoms with van der Waals surface area (Å²) in [5, 5.41) is 15.4. The molecule has 0 saturated carbocycles. The number of rotatable bonds is 5. The van der Waals surface area contributed by atoms with Gasteiger partial charge in [-0.05, 0) is 72.0 Å². The number of benzene rings is 2. The van der Waals surface area contributed by atoms with E-state index in [-0.39, 0.29) is 5.91 Å². The molecular formula is C24H22N7OS+. The van der Waals surface area contributed by atoms with Crippen LogP contribution >= 0.6 is 12.6 Å². The fraction of sp³-hybridized carbons (Fsp3) is 0.208. The lowest BCUT2D eigenvalue weighted by Crippen LogP contribution is -2.41. The summed E-state index contributed by atoms with van der Waals surface area (Å²) in [7, 11) is 0. The van der Waals surface area contributed by atoms with Crippen LogP contribution in [0.3, 0.4) is 0 Å². The quantitative estimate of drug-likeness (QED) is 0.244. The second kappa shape index (κ2) is 8.92. The van der Waals surface area contributed by atoms with E-state index >= 15 is 0 Å². The van der Waals surface area contributed by atoms with Crippen molar-refractivity contribution in [3.05, 3.63) is 65.4 Å². The molecule has 164 valence electrons. The maximum absolute atomic E-state index is 12.9. The van der Waals surface area contributed by atoms with Crippen molar-refractivity contribution in [3.8, 4) is 12.3 Å². The molecule has 2 heterocycles. The number of aromatic nitrogens is 5. The minimum absolute atomic E-state index is 0.213. The average Bonchev–Trinajstić information content (AvgIpc) is 3.23. The molecule has 2 N–H and O–H groups in total. The number of tetrazole rings is 1. The molecule has 0 radical (unpaired) electrons. The van der Waals surface area contributed by atoms with Gasteiger partial charge in [0.15, 0.2) is 5.69 Å². The van der Waals surface area contributed by atoms with Gasteiger partial charge in [-0.2, -0.15) is 4.57 Å². The van der Waals surface area contributed by atoms with Crippen LogP contribution in [0.25, 0.3) is 10.9 Å². The lowest BCUT2D eigenvalue weighted by atomic mass is 9.94. The van der Waals surface area contributed by atoms with Gasteiger partial charge in [-0.1, -0.05) is 23.8 Å². The summed E-state index contributed by atoms with van der Waals surface area (Å²) < 4.78 is 2.24. The van der Waals surface area contributed by atoms with E-state index in [1.807, 2.05) is 24.3 Å². The van der Waals surface area contributed by atoms with Crippen molar-refractivity contribution in [2.75, 3.05) is 10.7 Å². The van der Waals surface area contributed by atoms with Crippen LogP contribution in [0.1, 0.15) is 34.5 Å². The zero-order valence-corrected chi connectivity index (χ0v) is 18.7. The van der Waals surface area contributed by atoms with Crippen LogP contribution in [0.15, 0.2) is 53.7 Å². The van der Waals surface area contributed by atoms with Gasteiger partial charge in [0.1, 0.15) is 0 Å². The Hall–Kier alpha value is -3.90. The van der Waals surface area contributed by atoms with E-state index in [9.17, 15) is 4.79 Å². The molecule has 5 rings (SSSR count). The molecule has 9 heteroatoms. The number of aryl methyl sites for hydroxylation is 1. The highest BCUT2D eigenvalue weighted by molar-refractivity contribution is 7.80. The van der Waals surface area contributed by atoms with Crippen molar-refractivity contribution < 1.29 is 9.36 Å². The Labute approximate surface area is 196 Å². The normalized spacial score (nSPS) is 12.7. The summed E-state index contributed by atoms with van der Waals surface area (Å²) in [5.41, 5.74) is 8.64. The van der Waals surface area contributed by atoms with E-state index in [0.29, 0.717) is 23.0 Å². The first-order chi connectivity index (χ1) is 16.1. The fourth-order valence-electron chi connectivity index (χ4n) is 4.29. The van der Waals surface area contributed by atoms with Gasteiger partial charge in [-0.3, -0.25) is 10.2 Å². The fourth-order valence-corrected chi connectivity index (χ4v) is 4.42. The first kappa shape index (κ1) is 21.0. The summed E-state index contributed by atoms with van der Waals surface area (Å²) >= 11 is 4.16. The van der Waals surface area contributed by atoms with E-state index < -0.39 is 0 Å². The van der Waals surface area contributed by atoms with E-state index in [1.165, 1.54) is 28.9 Å². The van der Waals surface area contributed by atoms with Gasteiger partial charge < -0.3 is 5.32 Å². The molecule has 0 atom stereocenters. The molecule has 2 aromatic heterocycles. The average molecular weight is 457 g/mol. The van der Waals surface area contributed by atoms with Gasteiger partial charge >= 0.3 is 0 Å². The molecule has 0 spiro atoms. The third-order valence-corrected chi connectivity index (χ3v) is 6.05. The number of pyridine rings is 1. The van der Waals surface area contributed by atoms with Crippen LogP contribution in [-0.4, -0.2) is 26.2 Å². The predicted molar refractivity (Wildman–Crippen MR) is 128 cm³/mol. The second-order valence-electron chi connectivity index (χ2n) is 7.92. The molecule has 4 aromatic rings. The number of thiol groups is 1. The van der Waals surface area contributed by atoms with E-state index in [4.69, 9.17) is 6.42 Å². The molecule has 0 bridgehead atoms. The van der Waals surface area contributed by atoms with Crippen LogP contribution in [0.2, 0.25) is 0 Å². The van der Waals surface area contributed by atoms with Crippen molar-refractivity contribution in [1.82, 2.24) is 20.3 Å². The molecule has 0 fully saturated rings. The van der Waals surface area contributed by atoms with Gasteiger partial charge in [-0.15, -0.1) is 11.2 Å². The number of nitrogens with one attached hydrogen (secondary N) is 2. The van der Waals surface area contributed by atoms with Crippen molar-refractivity contribution >= 4 is 40.8 Å². The number of fused-ring (bicyclic) bond motifs is 2. The molecule has 2 aromatic carbocycles. The minimum atomic E-state index is -0.213. The molecular weight excluding hydrogens is 434 g/mol. The zero-order chi connectivity index (χ0) is 22.8. The maximum atomic E-state index is 12.9. The van der Waals surface area contributed by atoms with Crippen LogP contribution in [0.4, 0.5) is 11.4 Å². The summed E-state index contributed by atoms with van der Waals surface area (Å²) in [6.45, 7) is 0.542. The number of hydrogen-bond donors (Lipinski definition) is 3. The lowest BCUT2D eigenvalue weighted by molar-refractivity contribution is -0.667. The number of carbonyl (C=O) groups excluding carboxylic acids is 1. The highest BCUT2D eigenvalue weighted by Crippen LogP contribution is 2.25. The number of carbonyl (C=O) groups is 1. The van der Waals surface area contributed by atoms with E-state index in [2.05, 4.69) is 55.5 Å². The second-order valence-corrected chi connectivity index (χ2v) is 8.32. The Morgan fingerprint density at radius 1 is 1.15 bits per heavy atom. The first-order valence-electron chi connectivity index (χ1n) is 10.7. The maximum Gasteiger partial charge on any atom is 0.255 e. The molecule has 0 aliphatic heterocycles. The van der Waals surface area contributed by atoms with Gasteiger partial charge in [0, 0.05) is 34.7 Å². The summed E-state index contributed by atoms with van der Waals surface area (Å²) in [6, 6.07) is 15.3. The predicted octanol–water partition coefficient (Wildman–Crippen LogP) is 3.04. The molecule has 0 unspecified atom stereocenters. The third-order valence-electron chi connectivity index (χ3n) is 5.77. The molecule has 0 saturated heterocycles. The number of anilines is 2. The summed E-state index contributed by atoms with van der Waals surface area (Å²) in [6.07, 6.45) is 10.1. The molecule has 1 aliphatic rings. The van der Waals surface area contributed by atoms with Gasteiger partial charge in [-0.25, -0.2) is 0 Å². The highest BCUT2D eigenvalue weighted by atomic mass is 32.1. The largest absolute Gasteiger partial charge is 0.322 e. The monoisotopic (exact) mass is 456 g/mol. The SMILES string of the molecule is C#CC[n+]1c2c(cc3cc(NC(=O)c4cccc(Nn5nnnc5S)c4)ccc31)CCCC2. The minimum Gasteiger partial charge on any atom is -0.322 e. The molecule has 1 amide bonds. The number of amides is 1. The number of terminal acetylenes is 1. The molecule has 1 aliphatic carbocycles. The van der Waals surface area contributed by atoms with Crippen molar-refractivity contribution in [3.63, 3.8) is 0 Å². The van der Waals surface area contributed by atoms with Crippen LogP contribution in [0, 0.1) is 12.3 Å². The van der Waals surface area contributed by atoms with Crippen molar-refractivity contribution in [1.29, 1.82) is 0 Å². The lowest BCUT2D eigenvalue weighted by Gasteiger charge is -2.16. The Balaban J connectivity index is 1.41. The zero-order valence-electron chi connectivity index (χ0n) is 17.8. The number of nitrogens with zero attached hydrogens (tertiary/aromatic N) is 5. The topological polar surface area (TPSA) is 88.6 Å².